The molecule has 1 unspecified atom stereocenters. The highest BCUT2D eigenvalue weighted by molar-refractivity contribution is 14.0. The summed E-state index contributed by atoms with van der Waals surface area (Å²) in [5.41, 5.74) is 2.14. The summed E-state index contributed by atoms with van der Waals surface area (Å²) < 4.78 is 5.55. The Morgan fingerprint density at radius 3 is 2.80 bits per heavy atom. The molecule has 25 heavy (non-hydrogen) atoms. The number of benzene rings is 1. The molecule has 0 bridgehead atoms. The van der Waals surface area contributed by atoms with Crippen molar-refractivity contribution in [2.24, 2.45) is 4.99 Å². The molecule has 1 atom stereocenters. The Morgan fingerprint density at radius 2 is 2.20 bits per heavy atom. The highest BCUT2D eigenvalue weighted by Gasteiger charge is 2.11. The second kappa shape index (κ2) is 11.7. The lowest BCUT2D eigenvalue weighted by Gasteiger charge is -2.19. The first-order chi connectivity index (χ1) is 11.6. The van der Waals surface area contributed by atoms with Crippen molar-refractivity contribution in [1.29, 1.82) is 0 Å². The summed E-state index contributed by atoms with van der Waals surface area (Å²) in [7, 11) is 3.44. The van der Waals surface area contributed by atoms with E-state index in [4.69, 9.17) is 16.3 Å². The van der Waals surface area contributed by atoms with E-state index in [0.29, 0.717) is 11.6 Å². The fourth-order valence-electron chi connectivity index (χ4n) is 2.29. The number of thiazole rings is 1. The Balaban J connectivity index is 0.00000312. The number of guanidine groups is 1. The van der Waals surface area contributed by atoms with Crippen LogP contribution in [-0.4, -0.2) is 38.2 Å². The quantitative estimate of drug-likeness (QED) is 0.349. The maximum Gasteiger partial charge on any atom is 0.191 e. The van der Waals surface area contributed by atoms with Gasteiger partial charge in [0, 0.05) is 44.1 Å². The lowest BCUT2D eigenvalue weighted by atomic mass is 10.1. The zero-order valence-electron chi connectivity index (χ0n) is 14.6. The molecule has 0 fully saturated rings. The molecule has 2 aromatic rings. The van der Waals surface area contributed by atoms with Gasteiger partial charge in [-0.25, -0.2) is 4.98 Å². The molecule has 1 aromatic heterocycles. The summed E-state index contributed by atoms with van der Waals surface area (Å²) in [6.07, 6.45) is 0.774. The van der Waals surface area contributed by atoms with Gasteiger partial charge < -0.3 is 15.4 Å². The summed E-state index contributed by atoms with van der Waals surface area (Å²) >= 11 is 7.72. The summed E-state index contributed by atoms with van der Waals surface area (Å²) in [4.78, 5) is 8.69. The summed E-state index contributed by atoms with van der Waals surface area (Å²) in [5.74, 6) is 0.742. The number of ether oxygens (including phenoxy) is 1. The van der Waals surface area contributed by atoms with E-state index >= 15 is 0 Å². The van der Waals surface area contributed by atoms with Crippen molar-refractivity contribution in [2.45, 2.75) is 19.4 Å². The van der Waals surface area contributed by atoms with Gasteiger partial charge in [-0.05, 0) is 24.6 Å². The van der Waals surface area contributed by atoms with Crippen molar-refractivity contribution in [3.05, 3.63) is 50.9 Å². The minimum absolute atomic E-state index is 0. The maximum atomic E-state index is 6.05. The first-order valence-corrected chi connectivity index (χ1v) is 9.02. The minimum Gasteiger partial charge on any atom is -0.375 e. The van der Waals surface area contributed by atoms with E-state index in [2.05, 4.69) is 26.0 Å². The van der Waals surface area contributed by atoms with Gasteiger partial charge in [0.25, 0.3) is 0 Å². The third-order valence-electron chi connectivity index (χ3n) is 3.52. The van der Waals surface area contributed by atoms with Crippen LogP contribution in [0.15, 0.2) is 34.6 Å². The Hall–Kier alpha value is -0.900. The SMILES string of the molecule is CN=C(NCCc1csc(C)n1)NCC(OC)c1cccc(Cl)c1.I. The third kappa shape index (κ3) is 7.47. The number of aliphatic imine (C=N–C) groups is 1. The average molecular weight is 495 g/mol. The van der Waals surface area contributed by atoms with E-state index in [1.165, 1.54) is 0 Å². The molecule has 0 saturated carbocycles. The van der Waals surface area contributed by atoms with Gasteiger partial charge in [0.15, 0.2) is 5.96 Å². The number of hydrogen-bond donors (Lipinski definition) is 2. The summed E-state index contributed by atoms with van der Waals surface area (Å²) in [6, 6.07) is 7.69. The van der Waals surface area contributed by atoms with E-state index in [1.807, 2.05) is 31.2 Å². The number of rotatable bonds is 7. The molecule has 0 aliphatic rings. The number of nitrogens with one attached hydrogen (secondary N) is 2. The maximum absolute atomic E-state index is 6.05. The minimum atomic E-state index is -0.0940. The number of nitrogens with zero attached hydrogens (tertiary/aromatic N) is 2. The molecule has 5 nitrogen and oxygen atoms in total. The molecule has 0 aliphatic heterocycles. The highest BCUT2D eigenvalue weighted by atomic mass is 127. The van der Waals surface area contributed by atoms with Crippen molar-refractivity contribution in [2.75, 3.05) is 27.2 Å². The van der Waals surface area contributed by atoms with Crippen LogP contribution in [0.2, 0.25) is 5.02 Å². The van der Waals surface area contributed by atoms with Crippen LogP contribution in [0.5, 0.6) is 0 Å². The standard InChI is InChI=1S/C17H23ClN4OS.HI/c1-12-22-15(11-24-12)7-8-20-17(19-2)21-10-16(23-3)13-5-4-6-14(18)9-13;/h4-6,9,11,16H,7-8,10H2,1-3H3,(H2,19,20,21);1H. The molecule has 0 spiro atoms. The molecule has 2 N–H and O–H groups in total. The van der Waals surface area contributed by atoms with E-state index < -0.39 is 0 Å². The van der Waals surface area contributed by atoms with Crippen LogP contribution in [0.3, 0.4) is 0 Å². The van der Waals surface area contributed by atoms with E-state index in [1.54, 1.807) is 25.5 Å². The van der Waals surface area contributed by atoms with Gasteiger partial charge in [-0.15, -0.1) is 35.3 Å². The monoisotopic (exact) mass is 494 g/mol. The predicted octanol–water partition coefficient (Wildman–Crippen LogP) is 3.82. The largest absolute Gasteiger partial charge is 0.375 e. The van der Waals surface area contributed by atoms with Gasteiger partial charge in [-0.3, -0.25) is 4.99 Å². The highest BCUT2D eigenvalue weighted by Crippen LogP contribution is 2.19. The van der Waals surface area contributed by atoms with Crippen molar-refractivity contribution in [3.63, 3.8) is 0 Å². The normalized spacial score (nSPS) is 12.4. The van der Waals surface area contributed by atoms with Gasteiger partial charge in [-0.2, -0.15) is 0 Å². The number of halogens is 2. The van der Waals surface area contributed by atoms with Gasteiger partial charge in [0.1, 0.15) is 0 Å². The summed E-state index contributed by atoms with van der Waals surface area (Å²) in [6.45, 7) is 3.40. The molecule has 0 aliphatic carbocycles. The second-order valence-electron chi connectivity index (χ2n) is 5.27. The molecule has 8 heteroatoms. The van der Waals surface area contributed by atoms with Crippen molar-refractivity contribution in [1.82, 2.24) is 15.6 Å². The molecule has 2 rings (SSSR count). The Kier molecular flexibility index (Phi) is 10.3. The fraction of sp³-hybridized carbons (Fsp3) is 0.412. The average Bonchev–Trinajstić information content (AvgIpc) is 2.99. The topological polar surface area (TPSA) is 58.5 Å². The number of hydrogen-bond acceptors (Lipinski definition) is 4. The van der Waals surface area contributed by atoms with E-state index in [-0.39, 0.29) is 30.1 Å². The lowest BCUT2D eigenvalue weighted by molar-refractivity contribution is 0.106. The van der Waals surface area contributed by atoms with Crippen molar-refractivity contribution >= 4 is 52.9 Å². The molecular weight excluding hydrogens is 471 g/mol. The predicted molar refractivity (Wildman–Crippen MR) is 117 cm³/mol. The van der Waals surface area contributed by atoms with Gasteiger partial charge in [0.2, 0.25) is 0 Å². The molecule has 138 valence electrons. The zero-order chi connectivity index (χ0) is 17.4. The van der Waals surface area contributed by atoms with E-state index in [0.717, 1.165) is 35.2 Å². The fourth-order valence-corrected chi connectivity index (χ4v) is 3.13. The Labute approximate surface area is 175 Å². The van der Waals surface area contributed by atoms with Crippen LogP contribution < -0.4 is 10.6 Å². The molecular formula is C17H24ClIN4OS. The number of methoxy groups -OCH3 is 1. The molecule has 0 saturated heterocycles. The van der Waals surface area contributed by atoms with Crippen LogP contribution in [-0.2, 0) is 11.2 Å². The zero-order valence-corrected chi connectivity index (χ0v) is 18.5. The second-order valence-corrected chi connectivity index (χ2v) is 6.77. The number of aromatic nitrogens is 1. The van der Waals surface area contributed by atoms with Crippen molar-refractivity contribution in [3.8, 4) is 0 Å². The summed E-state index contributed by atoms with van der Waals surface area (Å²) in [5, 5.41) is 10.5. The first kappa shape index (κ1) is 22.1. The van der Waals surface area contributed by atoms with Gasteiger partial charge in [-0.1, -0.05) is 23.7 Å². The molecule has 1 heterocycles. The number of aryl methyl sites for hydroxylation is 1. The molecule has 0 radical (unpaired) electrons. The third-order valence-corrected chi connectivity index (χ3v) is 4.58. The Morgan fingerprint density at radius 1 is 1.40 bits per heavy atom. The van der Waals surface area contributed by atoms with E-state index in [9.17, 15) is 0 Å². The van der Waals surface area contributed by atoms with Gasteiger partial charge >= 0.3 is 0 Å². The van der Waals surface area contributed by atoms with Crippen LogP contribution in [0, 0.1) is 6.92 Å². The molecule has 1 aromatic carbocycles. The lowest BCUT2D eigenvalue weighted by Crippen LogP contribution is -2.40. The van der Waals surface area contributed by atoms with Crippen LogP contribution in [0.1, 0.15) is 22.4 Å². The molecule has 0 amide bonds. The van der Waals surface area contributed by atoms with Crippen molar-refractivity contribution < 1.29 is 4.74 Å². The van der Waals surface area contributed by atoms with Crippen LogP contribution in [0.4, 0.5) is 0 Å². The Bertz CT molecular complexity index is 680. The van der Waals surface area contributed by atoms with Crippen LogP contribution >= 0.6 is 46.9 Å². The van der Waals surface area contributed by atoms with Crippen LogP contribution in [0.25, 0.3) is 0 Å². The smallest absolute Gasteiger partial charge is 0.191 e. The van der Waals surface area contributed by atoms with Gasteiger partial charge in [0.05, 0.1) is 16.8 Å². The first-order valence-electron chi connectivity index (χ1n) is 7.76.